The molecule has 0 radical (unpaired) electrons. The number of fused-ring (bicyclic) bond motifs is 1. The Hall–Kier alpha value is -3.26. The van der Waals surface area contributed by atoms with E-state index >= 15 is 0 Å². The van der Waals surface area contributed by atoms with Crippen LogP contribution in [0.15, 0.2) is 48.1 Å². The van der Waals surface area contributed by atoms with Gasteiger partial charge in [-0.2, -0.15) is 0 Å². The highest BCUT2D eigenvalue weighted by Crippen LogP contribution is 2.44. The smallest absolute Gasteiger partial charge is 0.313 e. The number of rotatable bonds is 3. The number of pyridine rings is 1. The van der Waals surface area contributed by atoms with Gasteiger partial charge < -0.3 is 16.0 Å². The Morgan fingerprint density at radius 1 is 1.26 bits per heavy atom. The van der Waals surface area contributed by atoms with E-state index in [2.05, 4.69) is 34.7 Å². The molecule has 2 aromatic heterocycles. The van der Waals surface area contributed by atoms with Crippen molar-refractivity contribution in [2.24, 2.45) is 11.7 Å². The molecular formula is C23H24N4O3S. The largest absolute Gasteiger partial charge is 0.366 e. The Bertz CT molecular complexity index is 1170. The summed E-state index contributed by atoms with van der Waals surface area (Å²) in [6.45, 7) is 4.62. The van der Waals surface area contributed by atoms with Crippen LogP contribution in [0.3, 0.4) is 0 Å². The fraction of sp³-hybridized carbons (Fsp3) is 0.304. The van der Waals surface area contributed by atoms with E-state index in [-0.39, 0.29) is 17.2 Å². The summed E-state index contributed by atoms with van der Waals surface area (Å²) in [5.41, 5.74) is 6.16. The molecule has 1 saturated heterocycles. The molecule has 1 aliphatic rings. The number of carbonyl (C=O) groups is 3. The molecule has 7 nitrogen and oxygen atoms in total. The first-order chi connectivity index (χ1) is 14.8. The van der Waals surface area contributed by atoms with Crippen molar-refractivity contribution in [3.63, 3.8) is 0 Å². The number of benzene rings is 1. The van der Waals surface area contributed by atoms with Crippen LogP contribution in [0.2, 0.25) is 0 Å². The summed E-state index contributed by atoms with van der Waals surface area (Å²) < 4.78 is 1.16. The molecule has 8 heteroatoms. The van der Waals surface area contributed by atoms with Gasteiger partial charge in [0.05, 0.1) is 23.0 Å². The Balaban J connectivity index is 1.65. The monoisotopic (exact) mass is 436 g/mol. The van der Waals surface area contributed by atoms with Gasteiger partial charge in [0.2, 0.25) is 5.91 Å². The summed E-state index contributed by atoms with van der Waals surface area (Å²) in [6, 6.07) is 9.53. The number of anilines is 1. The number of likely N-dealkylation sites (tertiary alicyclic amines) is 1. The van der Waals surface area contributed by atoms with Crippen LogP contribution in [0.25, 0.3) is 10.1 Å². The van der Waals surface area contributed by atoms with Crippen LogP contribution in [0.4, 0.5) is 5.69 Å². The van der Waals surface area contributed by atoms with Crippen molar-refractivity contribution in [1.29, 1.82) is 0 Å². The molecule has 3 aromatic rings. The summed E-state index contributed by atoms with van der Waals surface area (Å²) >= 11 is 1.65. The van der Waals surface area contributed by atoms with Gasteiger partial charge in [0.25, 0.3) is 0 Å². The van der Waals surface area contributed by atoms with Crippen molar-refractivity contribution < 1.29 is 14.4 Å². The molecule has 31 heavy (non-hydrogen) atoms. The predicted octanol–water partition coefficient (Wildman–Crippen LogP) is 3.51. The fourth-order valence-electron chi connectivity index (χ4n) is 4.20. The summed E-state index contributed by atoms with van der Waals surface area (Å²) in [6.07, 6.45) is 4.43. The third kappa shape index (κ3) is 3.90. The first kappa shape index (κ1) is 21.0. The second kappa shape index (κ2) is 8.11. The van der Waals surface area contributed by atoms with Gasteiger partial charge in [-0.25, -0.2) is 0 Å². The topological polar surface area (TPSA) is 105 Å². The molecule has 160 valence electrons. The highest BCUT2D eigenvalue weighted by Gasteiger charge is 2.44. The average Bonchev–Trinajstić information content (AvgIpc) is 3.20. The van der Waals surface area contributed by atoms with Gasteiger partial charge in [-0.05, 0) is 54.1 Å². The SMILES string of the molecule is C[C@H]1CC[C@@](C)(c2csc3ccccc23)N(C(=O)C(=O)Nc2cncc(C(N)=O)c2)C1. The molecule has 0 spiro atoms. The van der Waals surface area contributed by atoms with E-state index in [0.717, 1.165) is 28.5 Å². The minimum absolute atomic E-state index is 0.159. The third-order valence-corrected chi connectivity index (χ3v) is 6.96. The Morgan fingerprint density at radius 3 is 2.81 bits per heavy atom. The zero-order valence-electron chi connectivity index (χ0n) is 17.4. The molecule has 3 heterocycles. The molecule has 1 fully saturated rings. The molecule has 0 aliphatic carbocycles. The van der Waals surface area contributed by atoms with Crippen LogP contribution < -0.4 is 11.1 Å². The maximum absolute atomic E-state index is 13.3. The van der Waals surface area contributed by atoms with Gasteiger partial charge in [-0.3, -0.25) is 19.4 Å². The Morgan fingerprint density at radius 2 is 2.03 bits per heavy atom. The molecular weight excluding hydrogens is 412 g/mol. The summed E-state index contributed by atoms with van der Waals surface area (Å²) in [5.74, 6) is -1.73. The lowest BCUT2D eigenvalue weighted by Gasteiger charge is -2.46. The lowest BCUT2D eigenvalue weighted by Crippen LogP contribution is -2.55. The normalized spacial score (nSPS) is 21.1. The number of nitrogens with two attached hydrogens (primary N) is 1. The van der Waals surface area contributed by atoms with E-state index in [1.54, 1.807) is 16.2 Å². The van der Waals surface area contributed by atoms with Crippen molar-refractivity contribution in [2.45, 2.75) is 32.2 Å². The number of primary amides is 1. The maximum atomic E-state index is 13.3. The molecule has 3 N–H and O–H groups in total. The number of hydrogen-bond acceptors (Lipinski definition) is 5. The highest BCUT2D eigenvalue weighted by atomic mass is 32.1. The van der Waals surface area contributed by atoms with Crippen molar-refractivity contribution in [3.05, 3.63) is 59.2 Å². The molecule has 3 amide bonds. The van der Waals surface area contributed by atoms with E-state index < -0.39 is 23.3 Å². The minimum Gasteiger partial charge on any atom is -0.366 e. The molecule has 4 rings (SSSR count). The zero-order valence-corrected chi connectivity index (χ0v) is 18.2. The maximum Gasteiger partial charge on any atom is 0.313 e. The average molecular weight is 437 g/mol. The molecule has 0 saturated carbocycles. The van der Waals surface area contributed by atoms with Crippen molar-refractivity contribution >= 4 is 44.8 Å². The minimum atomic E-state index is -0.761. The number of aromatic nitrogens is 1. The van der Waals surface area contributed by atoms with Crippen LogP contribution in [0.1, 0.15) is 42.6 Å². The van der Waals surface area contributed by atoms with E-state index in [1.807, 2.05) is 19.1 Å². The number of hydrogen-bond donors (Lipinski definition) is 2. The van der Waals surface area contributed by atoms with Crippen molar-refractivity contribution in [1.82, 2.24) is 9.88 Å². The fourth-order valence-corrected chi connectivity index (χ4v) is 5.29. The van der Waals surface area contributed by atoms with Gasteiger partial charge in [0, 0.05) is 17.4 Å². The lowest BCUT2D eigenvalue weighted by atomic mass is 9.79. The molecule has 2 atom stereocenters. The number of carbonyl (C=O) groups excluding carboxylic acids is 3. The first-order valence-corrected chi connectivity index (χ1v) is 11.0. The number of nitrogens with one attached hydrogen (secondary N) is 1. The second-order valence-corrected chi connectivity index (χ2v) is 9.17. The van der Waals surface area contributed by atoms with E-state index in [1.165, 1.54) is 18.5 Å². The van der Waals surface area contributed by atoms with Crippen LogP contribution in [-0.2, 0) is 15.1 Å². The van der Waals surface area contributed by atoms with Crippen LogP contribution >= 0.6 is 11.3 Å². The number of thiophene rings is 1. The molecule has 0 bridgehead atoms. The number of amides is 3. The lowest BCUT2D eigenvalue weighted by molar-refractivity contribution is -0.150. The first-order valence-electron chi connectivity index (χ1n) is 10.1. The standard InChI is InChI=1S/C23H24N4O3S/c1-14-7-8-23(2,18-13-31-19-6-4-3-5-17(18)19)27(12-14)22(30)21(29)26-16-9-15(20(24)28)10-25-11-16/h3-6,9-11,13-14H,7-8,12H2,1-2H3,(H2,24,28)(H,26,29)/t14-,23-/m0/s1. The summed E-state index contributed by atoms with van der Waals surface area (Å²) in [5, 5.41) is 5.78. The van der Waals surface area contributed by atoms with Gasteiger partial charge in [-0.1, -0.05) is 25.1 Å². The molecule has 1 aromatic carbocycles. The van der Waals surface area contributed by atoms with Gasteiger partial charge in [0.1, 0.15) is 0 Å². The van der Waals surface area contributed by atoms with Gasteiger partial charge >= 0.3 is 11.8 Å². The van der Waals surface area contributed by atoms with Crippen molar-refractivity contribution in [2.75, 3.05) is 11.9 Å². The highest BCUT2D eigenvalue weighted by molar-refractivity contribution is 7.17. The van der Waals surface area contributed by atoms with Gasteiger partial charge in [-0.15, -0.1) is 11.3 Å². The Kier molecular flexibility index (Phi) is 5.49. The van der Waals surface area contributed by atoms with E-state index in [4.69, 9.17) is 5.73 Å². The number of piperidine rings is 1. The van der Waals surface area contributed by atoms with Gasteiger partial charge in [0.15, 0.2) is 0 Å². The Labute approximate surface area is 184 Å². The van der Waals surface area contributed by atoms with Crippen LogP contribution in [0, 0.1) is 5.92 Å². The zero-order chi connectivity index (χ0) is 22.2. The quantitative estimate of drug-likeness (QED) is 0.613. The van der Waals surface area contributed by atoms with Crippen molar-refractivity contribution in [3.8, 4) is 0 Å². The van der Waals surface area contributed by atoms with E-state index in [9.17, 15) is 14.4 Å². The molecule has 0 unspecified atom stereocenters. The second-order valence-electron chi connectivity index (χ2n) is 8.26. The predicted molar refractivity (Wildman–Crippen MR) is 121 cm³/mol. The summed E-state index contributed by atoms with van der Waals surface area (Å²) in [4.78, 5) is 43.2. The molecule has 1 aliphatic heterocycles. The third-order valence-electron chi connectivity index (χ3n) is 6.00. The summed E-state index contributed by atoms with van der Waals surface area (Å²) in [7, 11) is 0. The number of nitrogens with zero attached hydrogens (tertiary/aromatic N) is 2. The van der Waals surface area contributed by atoms with Crippen LogP contribution in [0.5, 0.6) is 0 Å². The van der Waals surface area contributed by atoms with Crippen LogP contribution in [-0.4, -0.2) is 34.2 Å². The van der Waals surface area contributed by atoms with E-state index in [0.29, 0.717) is 6.54 Å².